The number of halogens is 4. The molecule has 1 heterocycles. The minimum atomic E-state index is -3.00. The molecule has 1 aromatic carbocycles. The SMILES string of the molecule is COc1cc(OC(F)F)ccc1C(=O)N(OCC1CC1)c1c(Cl)cncc1Cl. The molecule has 0 saturated heterocycles. The van der Waals surface area contributed by atoms with E-state index in [0.717, 1.165) is 17.9 Å². The Balaban J connectivity index is 1.96. The molecule has 150 valence electrons. The van der Waals surface area contributed by atoms with Crippen LogP contribution in [0.25, 0.3) is 0 Å². The van der Waals surface area contributed by atoms with Gasteiger partial charge in [-0.3, -0.25) is 14.6 Å². The van der Waals surface area contributed by atoms with Crippen molar-refractivity contribution in [3.05, 3.63) is 46.2 Å². The Kier molecular flexibility index (Phi) is 6.53. The molecule has 1 aliphatic rings. The number of methoxy groups -OCH3 is 1. The smallest absolute Gasteiger partial charge is 0.387 e. The average Bonchev–Trinajstić information content (AvgIpc) is 3.47. The van der Waals surface area contributed by atoms with Crippen molar-refractivity contribution in [3.63, 3.8) is 0 Å². The Hall–Kier alpha value is -2.16. The van der Waals surface area contributed by atoms with Crippen LogP contribution in [0.2, 0.25) is 10.0 Å². The van der Waals surface area contributed by atoms with E-state index in [2.05, 4.69) is 9.72 Å². The molecule has 1 fully saturated rings. The van der Waals surface area contributed by atoms with Crippen LogP contribution in [0.1, 0.15) is 23.2 Å². The average molecular weight is 433 g/mol. The van der Waals surface area contributed by atoms with Crippen molar-refractivity contribution in [1.29, 1.82) is 0 Å². The number of alkyl halides is 2. The first-order valence-corrected chi connectivity index (χ1v) is 9.05. The normalized spacial score (nSPS) is 13.5. The number of nitrogens with zero attached hydrogens (tertiary/aromatic N) is 2. The zero-order valence-corrected chi connectivity index (χ0v) is 16.2. The van der Waals surface area contributed by atoms with Gasteiger partial charge in [-0.15, -0.1) is 0 Å². The lowest BCUT2D eigenvalue weighted by Gasteiger charge is -2.24. The monoisotopic (exact) mass is 432 g/mol. The zero-order chi connectivity index (χ0) is 20.3. The number of hydroxylamine groups is 1. The van der Waals surface area contributed by atoms with Gasteiger partial charge in [0.05, 0.1) is 29.3 Å². The summed E-state index contributed by atoms with van der Waals surface area (Å²) in [5.74, 6) is -0.396. The van der Waals surface area contributed by atoms with Crippen LogP contribution < -0.4 is 14.5 Å². The van der Waals surface area contributed by atoms with Crippen LogP contribution in [0, 0.1) is 5.92 Å². The first-order chi connectivity index (χ1) is 13.4. The van der Waals surface area contributed by atoms with E-state index in [9.17, 15) is 13.6 Å². The fraction of sp³-hybridized carbons (Fsp3) is 0.333. The molecule has 0 radical (unpaired) electrons. The van der Waals surface area contributed by atoms with Crippen molar-refractivity contribution in [2.45, 2.75) is 19.5 Å². The lowest BCUT2D eigenvalue weighted by Crippen LogP contribution is -2.33. The van der Waals surface area contributed by atoms with Crippen LogP contribution in [-0.4, -0.2) is 31.2 Å². The van der Waals surface area contributed by atoms with Crippen LogP contribution in [0.4, 0.5) is 14.5 Å². The third kappa shape index (κ3) is 4.81. The minimum absolute atomic E-state index is 0.0319. The molecule has 3 rings (SSSR count). The van der Waals surface area contributed by atoms with Gasteiger partial charge in [0, 0.05) is 18.5 Å². The Bertz CT molecular complexity index is 845. The van der Waals surface area contributed by atoms with E-state index >= 15 is 0 Å². The van der Waals surface area contributed by atoms with Gasteiger partial charge >= 0.3 is 6.61 Å². The van der Waals surface area contributed by atoms with E-state index in [1.54, 1.807) is 0 Å². The van der Waals surface area contributed by atoms with Crippen LogP contribution in [-0.2, 0) is 4.84 Å². The van der Waals surface area contributed by atoms with Crippen molar-refractivity contribution in [3.8, 4) is 11.5 Å². The summed E-state index contributed by atoms with van der Waals surface area (Å²) in [6.45, 7) is -2.70. The lowest BCUT2D eigenvalue weighted by molar-refractivity contribution is -0.0499. The highest BCUT2D eigenvalue weighted by Gasteiger charge is 2.30. The van der Waals surface area contributed by atoms with E-state index in [4.69, 9.17) is 32.8 Å². The first kappa shape index (κ1) is 20.6. The Morgan fingerprint density at radius 2 is 1.96 bits per heavy atom. The zero-order valence-electron chi connectivity index (χ0n) is 14.7. The molecule has 1 aromatic heterocycles. The number of anilines is 1. The van der Waals surface area contributed by atoms with Crippen molar-refractivity contribution in [1.82, 2.24) is 4.98 Å². The van der Waals surface area contributed by atoms with E-state index in [-0.39, 0.29) is 32.8 Å². The molecule has 0 bridgehead atoms. The molecular formula is C18H16Cl2F2N2O4. The Morgan fingerprint density at radius 1 is 1.29 bits per heavy atom. The molecule has 0 atom stereocenters. The second-order valence-electron chi connectivity index (χ2n) is 6.03. The molecule has 0 spiro atoms. The van der Waals surface area contributed by atoms with Gasteiger partial charge in [0.2, 0.25) is 0 Å². The Morgan fingerprint density at radius 3 is 2.54 bits per heavy atom. The van der Waals surface area contributed by atoms with Gasteiger partial charge < -0.3 is 9.47 Å². The molecule has 6 nitrogen and oxygen atoms in total. The highest BCUT2D eigenvalue weighted by molar-refractivity contribution is 6.39. The summed E-state index contributed by atoms with van der Waals surface area (Å²) in [5, 5.41) is 1.22. The molecule has 10 heteroatoms. The van der Waals surface area contributed by atoms with Crippen molar-refractivity contribution in [2.24, 2.45) is 5.92 Å². The highest BCUT2D eigenvalue weighted by atomic mass is 35.5. The maximum Gasteiger partial charge on any atom is 0.387 e. The van der Waals surface area contributed by atoms with Crippen molar-refractivity contribution >= 4 is 34.8 Å². The number of benzene rings is 1. The van der Waals surface area contributed by atoms with Gasteiger partial charge in [0.25, 0.3) is 5.91 Å². The van der Waals surface area contributed by atoms with Crippen molar-refractivity contribution < 1.29 is 27.9 Å². The lowest BCUT2D eigenvalue weighted by atomic mass is 10.1. The molecule has 0 unspecified atom stereocenters. The molecule has 1 saturated carbocycles. The predicted octanol–water partition coefficient (Wildman–Crippen LogP) is 4.99. The molecule has 28 heavy (non-hydrogen) atoms. The number of carbonyl (C=O) groups is 1. The van der Waals surface area contributed by atoms with E-state index in [1.807, 2.05) is 0 Å². The van der Waals surface area contributed by atoms with E-state index in [1.165, 1.54) is 37.7 Å². The summed E-state index contributed by atoms with van der Waals surface area (Å²) in [6.07, 6.45) is 4.67. The first-order valence-electron chi connectivity index (χ1n) is 8.30. The summed E-state index contributed by atoms with van der Waals surface area (Å²) >= 11 is 12.4. The molecule has 1 amide bonds. The number of amides is 1. The molecule has 0 N–H and O–H groups in total. The number of pyridine rings is 1. The number of aromatic nitrogens is 1. The highest BCUT2D eigenvalue weighted by Crippen LogP contribution is 2.37. The summed E-state index contributed by atoms with van der Waals surface area (Å²) in [6, 6.07) is 3.72. The van der Waals surface area contributed by atoms with Gasteiger partial charge in [-0.2, -0.15) is 13.8 Å². The fourth-order valence-corrected chi connectivity index (χ4v) is 2.94. The quantitative estimate of drug-likeness (QED) is 0.550. The standard InChI is InChI=1S/C18H16Cl2F2N2O4/c1-26-15-6-11(28-18(21)22)4-5-12(15)17(25)24(27-9-10-2-3-10)16-13(19)7-23-8-14(16)20/h4-8,10,18H,2-3,9H2,1H3. The molecular weight excluding hydrogens is 417 g/mol. The summed E-state index contributed by atoms with van der Waals surface area (Å²) < 4.78 is 34.4. The van der Waals surface area contributed by atoms with Crippen LogP contribution in [0.5, 0.6) is 11.5 Å². The third-order valence-electron chi connectivity index (χ3n) is 3.98. The molecule has 2 aromatic rings. The largest absolute Gasteiger partial charge is 0.496 e. The number of carbonyl (C=O) groups excluding carboxylic acids is 1. The Labute approximate surface area is 169 Å². The van der Waals surface area contributed by atoms with E-state index < -0.39 is 12.5 Å². The minimum Gasteiger partial charge on any atom is -0.496 e. The van der Waals surface area contributed by atoms with Gasteiger partial charge in [-0.1, -0.05) is 23.2 Å². The molecule has 1 aliphatic carbocycles. The van der Waals surface area contributed by atoms with Gasteiger partial charge in [-0.05, 0) is 30.9 Å². The fourth-order valence-electron chi connectivity index (χ4n) is 2.42. The number of rotatable bonds is 8. The van der Waals surface area contributed by atoms with Crippen LogP contribution in [0.3, 0.4) is 0 Å². The van der Waals surface area contributed by atoms with Gasteiger partial charge in [0.15, 0.2) is 0 Å². The number of hydrogen-bond donors (Lipinski definition) is 0. The summed E-state index contributed by atoms with van der Waals surface area (Å²) in [5.41, 5.74) is 0.197. The number of ether oxygens (including phenoxy) is 2. The van der Waals surface area contributed by atoms with Crippen LogP contribution in [0.15, 0.2) is 30.6 Å². The maximum atomic E-state index is 13.2. The third-order valence-corrected chi connectivity index (χ3v) is 4.53. The summed E-state index contributed by atoms with van der Waals surface area (Å²) in [4.78, 5) is 22.8. The van der Waals surface area contributed by atoms with E-state index in [0.29, 0.717) is 12.5 Å². The number of hydrogen-bond acceptors (Lipinski definition) is 5. The maximum absolute atomic E-state index is 13.2. The summed E-state index contributed by atoms with van der Waals surface area (Å²) in [7, 11) is 1.31. The second-order valence-corrected chi connectivity index (χ2v) is 6.85. The van der Waals surface area contributed by atoms with Gasteiger partial charge in [-0.25, -0.2) is 0 Å². The predicted molar refractivity (Wildman–Crippen MR) is 99.4 cm³/mol. The van der Waals surface area contributed by atoms with Crippen molar-refractivity contribution in [2.75, 3.05) is 18.8 Å². The topological polar surface area (TPSA) is 60.9 Å². The second kappa shape index (κ2) is 8.89. The van der Waals surface area contributed by atoms with Crippen LogP contribution >= 0.6 is 23.2 Å². The molecule has 0 aliphatic heterocycles. The van der Waals surface area contributed by atoms with Gasteiger partial charge in [0.1, 0.15) is 17.2 Å².